The number of nitrogens with two attached hydrogens (primary N) is 1. The molecule has 1 aromatic carbocycles. The van der Waals surface area contributed by atoms with Crippen LogP contribution in [0.5, 0.6) is 0 Å². The Balaban J connectivity index is 1.98. The highest BCUT2D eigenvalue weighted by Crippen LogP contribution is 2.32. The van der Waals surface area contributed by atoms with Gasteiger partial charge in [-0.25, -0.2) is 13.6 Å². The Labute approximate surface area is 152 Å². The summed E-state index contributed by atoms with van der Waals surface area (Å²) in [6, 6.07) is 5.44. The topological polar surface area (TPSA) is 80.5 Å². The van der Waals surface area contributed by atoms with Gasteiger partial charge in [0.25, 0.3) is 5.91 Å². The highest BCUT2D eigenvalue weighted by molar-refractivity contribution is 7.89. The van der Waals surface area contributed by atoms with Gasteiger partial charge >= 0.3 is 0 Å². The molecule has 0 spiro atoms. The average molecular weight is 379 g/mol. The Bertz CT molecular complexity index is 928. The highest BCUT2D eigenvalue weighted by atomic mass is 32.2. The van der Waals surface area contributed by atoms with Gasteiger partial charge in [-0.15, -0.1) is 11.3 Å². The first-order valence-corrected chi connectivity index (χ1v) is 10.6. The number of amides is 1. The maximum absolute atomic E-state index is 13.1. The van der Waals surface area contributed by atoms with E-state index in [1.54, 1.807) is 31.3 Å². The summed E-state index contributed by atoms with van der Waals surface area (Å²) in [6.45, 7) is 6.10. The quantitative estimate of drug-likeness (QED) is 0.868. The van der Waals surface area contributed by atoms with Crippen LogP contribution in [0.25, 0.3) is 0 Å². The second-order valence-corrected chi connectivity index (χ2v) is 9.18. The van der Waals surface area contributed by atoms with Crippen LogP contribution in [0.4, 0.5) is 0 Å². The van der Waals surface area contributed by atoms with E-state index in [0.717, 1.165) is 23.3 Å². The van der Waals surface area contributed by atoms with Gasteiger partial charge in [0.05, 0.1) is 11.4 Å². The second-order valence-electron chi connectivity index (χ2n) is 6.65. The lowest BCUT2D eigenvalue weighted by atomic mass is 10.0. The molecule has 1 aliphatic rings. The molecular formula is C18H22N2O3S2. The average Bonchev–Trinajstić information content (AvgIpc) is 3.29. The lowest BCUT2D eigenvalue weighted by Gasteiger charge is -2.23. The molecule has 5 nitrogen and oxygen atoms in total. The molecule has 0 radical (unpaired) electrons. The molecule has 2 N–H and O–H groups in total. The van der Waals surface area contributed by atoms with Crippen molar-refractivity contribution in [1.82, 2.24) is 4.90 Å². The molecule has 3 rings (SSSR count). The smallest absolute Gasteiger partial charge is 0.254 e. The van der Waals surface area contributed by atoms with Crippen molar-refractivity contribution in [1.29, 1.82) is 0 Å². The molecule has 1 saturated carbocycles. The number of sulfonamides is 1. The summed E-state index contributed by atoms with van der Waals surface area (Å²) in [7, 11) is -3.87. The van der Waals surface area contributed by atoms with Crippen molar-refractivity contribution < 1.29 is 13.2 Å². The molecular weight excluding hydrogens is 356 g/mol. The van der Waals surface area contributed by atoms with Crippen LogP contribution in [0.3, 0.4) is 0 Å². The number of thiophene rings is 1. The fourth-order valence-electron chi connectivity index (χ4n) is 2.89. The monoisotopic (exact) mass is 378 g/mol. The maximum atomic E-state index is 13.1. The van der Waals surface area contributed by atoms with E-state index in [0.29, 0.717) is 17.7 Å². The van der Waals surface area contributed by atoms with Gasteiger partial charge in [0.15, 0.2) is 0 Å². The van der Waals surface area contributed by atoms with Gasteiger partial charge in [-0.2, -0.15) is 0 Å². The summed E-state index contributed by atoms with van der Waals surface area (Å²) in [4.78, 5) is 16.1. The third-order valence-corrected chi connectivity index (χ3v) is 6.75. The number of hydrogen-bond acceptors (Lipinski definition) is 4. The van der Waals surface area contributed by atoms with Gasteiger partial charge < -0.3 is 4.90 Å². The van der Waals surface area contributed by atoms with Crippen LogP contribution in [-0.4, -0.2) is 25.3 Å². The van der Waals surface area contributed by atoms with Crippen molar-refractivity contribution in [2.45, 2.75) is 51.1 Å². The number of carbonyl (C=O) groups is 1. The SMILES string of the molecule is Cc1ccsc1CN(C(=O)c1cc(C)c(C)c(S(N)(=O)=O)c1)C1CC1. The van der Waals surface area contributed by atoms with Crippen LogP contribution >= 0.6 is 11.3 Å². The number of benzene rings is 1. The summed E-state index contributed by atoms with van der Waals surface area (Å²) in [6.07, 6.45) is 1.98. The summed E-state index contributed by atoms with van der Waals surface area (Å²) < 4.78 is 23.7. The van der Waals surface area contributed by atoms with Crippen molar-refractivity contribution in [3.63, 3.8) is 0 Å². The molecule has 0 atom stereocenters. The van der Waals surface area contributed by atoms with Gasteiger partial charge in [0, 0.05) is 16.5 Å². The molecule has 0 aliphatic heterocycles. The fourth-order valence-corrected chi connectivity index (χ4v) is 4.67. The maximum Gasteiger partial charge on any atom is 0.254 e. The van der Waals surface area contributed by atoms with Crippen LogP contribution < -0.4 is 5.14 Å². The van der Waals surface area contributed by atoms with Crippen molar-refractivity contribution in [2.24, 2.45) is 5.14 Å². The van der Waals surface area contributed by atoms with E-state index in [9.17, 15) is 13.2 Å². The number of aryl methyl sites for hydroxylation is 2. The lowest BCUT2D eigenvalue weighted by molar-refractivity contribution is 0.0731. The third kappa shape index (κ3) is 3.78. The van der Waals surface area contributed by atoms with E-state index >= 15 is 0 Å². The summed E-state index contributed by atoms with van der Waals surface area (Å²) >= 11 is 1.64. The predicted octanol–water partition coefficient (Wildman–Crippen LogP) is 3.13. The zero-order valence-electron chi connectivity index (χ0n) is 14.6. The second kappa shape index (κ2) is 6.55. The van der Waals surface area contributed by atoms with E-state index < -0.39 is 10.0 Å². The van der Waals surface area contributed by atoms with Crippen LogP contribution in [0.15, 0.2) is 28.5 Å². The van der Waals surface area contributed by atoms with E-state index in [-0.39, 0.29) is 16.8 Å². The molecule has 1 aliphatic carbocycles. The van der Waals surface area contributed by atoms with Crippen molar-refractivity contribution in [3.05, 3.63) is 50.7 Å². The first kappa shape index (κ1) is 18.1. The minimum atomic E-state index is -3.87. The Morgan fingerprint density at radius 3 is 2.44 bits per heavy atom. The first-order valence-electron chi connectivity index (χ1n) is 8.16. The first-order chi connectivity index (χ1) is 11.7. The van der Waals surface area contributed by atoms with Gasteiger partial charge in [0.1, 0.15) is 0 Å². The minimum absolute atomic E-state index is 0.0268. The van der Waals surface area contributed by atoms with Gasteiger partial charge in [-0.05, 0) is 73.9 Å². The highest BCUT2D eigenvalue weighted by Gasteiger charge is 2.34. The molecule has 0 unspecified atom stereocenters. The number of rotatable bonds is 5. The van der Waals surface area contributed by atoms with E-state index in [1.165, 1.54) is 11.6 Å². The van der Waals surface area contributed by atoms with E-state index in [2.05, 4.69) is 0 Å². The van der Waals surface area contributed by atoms with E-state index in [1.807, 2.05) is 23.3 Å². The Kier molecular flexibility index (Phi) is 4.74. The number of nitrogens with zero attached hydrogens (tertiary/aromatic N) is 1. The molecule has 25 heavy (non-hydrogen) atoms. The Hall–Kier alpha value is -1.70. The Morgan fingerprint density at radius 1 is 1.24 bits per heavy atom. The van der Waals surface area contributed by atoms with Crippen LogP contribution in [0.1, 0.15) is 44.8 Å². The Morgan fingerprint density at radius 2 is 1.92 bits per heavy atom. The predicted molar refractivity (Wildman–Crippen MR) is 99.2 cm³/mol. The van der Waals surface area contributed by atoms with Gasteiger partial charge in [0.2, 0.25) is 10.0 Å². The van der Waals surface area contributed by atoms with Gasteiger partial charge in [-0.3, -0.25) is 4.79 Å². The van der Waals surface area contributed by atoms with Crippen molar-refractivity contribution >= 4 is 27.3 Å². The fraction of sp³-hybridized carbons (Fsp3) is 0.389. The van der Waals surface area contributed by atoms with Gasteiger partial charge in [-0.1, -0.05) is 0 Å². The van der Waals surface area contributed by atoms with Crippen LogP contribution in [0, 0.1) is 20.8 Å². The number of carbonyl (C=O) groups excluding carboxylic acids is 1. The molecule has 1 heterocycles. The lowest BCUT2D eigenvalue weighted by Crippen LogP contribution is -2.33. The van der Waals surface area contributed by atoms with E-state index in [4.69, 9.17) is 5.14 Å². The largest absolute Gasteiger partial charge is 0.331 e. The van der Waals surface area contributed by atoms with Crippen molar-refractivity contribution in [2.75, 3.05) is 0 Å². The number of hydrogen-bond donors (Lipinski definition) is 1. The molecule has 1 amide bonds. The molecule has 2 aromatic rings. The standard InChI is InChI=1S/C18H22N2O3S2/c1-11-6-7-24-16(11)10-20(15-4-5-15)18(21)14-8-12(2)13(3)17(9-14)25(19,22)23/h6-9,15H,4-5,10H2,1-3H3,(H2,19,22,23). The van der Waals surface area contributed by atoms with Crippen molar-refractivity contribution in [3.8, 4) is 0 Å². The zero-order valence-corrected chi connectivity index (χ0v) is 16.2. The summed E-state index contributed by atoms with van der Waals surface area (Å²) in [5.74, 6) is -0.136. The molecule has 1 fully saturated rings. The normalized spacial score (nSPS) is 14.6. The molecule has 0 saturated heterocycles. The van der Waals surface area contributed by atoms with Crippen LogP contribution in [-0.2, 0) is 16.6 Å². The number of primary sulfonamides is 1. The molecule has 7 heteroatoms. The molecule has 0 bridgehead atoms. The zero-order chi connectivity index (χ0) is 18.4. The molecule has 1 aromatic heterocycles. The third-order valence-electron chi connectivity index (χ3n) is 4.70. The minimum Gasteiger partial charge on any atom is -0.331 e. The summed E-state index contributed by atoms with van der Waals surface area (Å²) in [5, 5.41) is 7.35. The summed E-state index contributed by atoms with van der Waals surface area (Å²) in [5.41, 5.74) is 2.89. The van der Waals surface area contributed by atoms with Crippen LogP contribution in [0.2, 0.25) is 0 Å². The molecule has 134 valence electrons.